The Hall–Kier alpha value is -0.870. The zero-order valence-electron chi connectivity index (χ0n) is 9.37. The van der Waals surface area contributed by atoms with E-state index in [2.05, 4.69) is 0 Å². The Balaban J connectivity index is 2.64. The van der Waals surface area contributed by atoms with Gasteiger partial charge in [0.2, 0.25) is 0 Å². The monoisotopic (exact) mass is 227 g/mol. The molecule has 0 bridgehead atoms. The molecule has 84 valence electrons. The van der Waals surface area contributed by atoms with Crippen LogP contribution in [0.3, 0.4) is 0 Å². The molecule has 0 aliphatic rings. The fourth-order valence-electron chi connectivity index (χ4n) is 1.53. The fourth-order valence-corrected chi connectivity index (χ4v) is 2.53. The zero-order chi connectivity index (χ0) is 11.4. The molecule has 0 saturated carbocycles. The largest absolute Gasteiger partial charge is 0.466 e. The van der Waals surface area contributed by atoms with Gasteiger partial charge in [-0.2, -0.15) is 0 Å². The van der Waals surface area contributed by atoms with E-state index in [1.807, 2.05) is 19.9 Å². The summed E-state index contributed by atoms with van der Waals surface area (Å²) in [7, 11) is 0. The molecule has 15 heavy (non-hydrogen) atoms. The number of carbonyl (C=O) groups excluding carboxylic acids is 1. The molecule has 4 heteroatoms. The maximum absolute atomic E-state index is 11.2. The van der Waals surface area contributed by atoms with Gasteiger partial charge in [-0.1, -0.05) is 0 Å². The van der Waals surface area contributed by atoms with E-state index in [1.165, 1.54) is 9.75 Å². The summed E-state index contributed by atoms with van der Waals surface area (Å²) >= 11 is 1.71. The number of ether oxygens (including phenoxy) is 1. The number of hydrogen-bond donors (Lipinski definition) is 1. The number of thiophene rings is 1. The van der Waals surface area contributed by atoms with E-state index < -0.39 is 0 Å². The summed E-state index contributed by atoms with van der Waals surface area (Å²) in [5.74, 6) is -0.228. The molecule has 0 aliphatic heterocycles. The van der Waals surface area contributed by atoms with E-state index >= 15 is 0 Å². The first-order chi connectivity index (χ1) is 7.04. The molecule has 1 rings (SSSR count). The molecule has 0 aliphatic carbocycles. The molecular weight excluding hydrogens is 210 g/mol. The van der Waals surface area contributed by atoms with Crippen LogP contribution < -0.4 is 5.73 Å². The van der Waals surface area contributed by atoms with Crippen LogP contribution >= 0.6 is 11.3 Å². The van der Waals surface area contributed by atoms with Gasteiger partial charge in [-0.15, -0.1) is 11.3 Å². The second-order valence-electron chi connectivity index (χ2n) is 3.48. The van der Waals surface area contributed by atoms with Crippen LogP contribution in [0.15, 0.2) is 6.07 Å². The lowest BCUT2D eigenvalue weighted by Gasteiger charge is -2.10. The summed E-state index contributed by atoms with van der Waals surface area (Å²) in [5, 5.41) is 0. The molecule has 1 aromatic heterocycles. The molecule has 1 atom stereocenters. The Morgan fingerprint density at radius 1 is 1.60 bits per heavy atom. The molecule has 0 radical (unpaired) electrons. The van der Waals surface area contributed by atoms with Crippen LogP contribution in [0, 0.1) is 13.8 Å². The highest BCUT2D eigenvalue weighted by molar-refractivity contribution is 7.12. The SMILES string of the molecule is CCOC(=O)C[C@H](N)c1cc(C)sc1C. The van der Waals surface area contributed by atoms with Gasteiger partial charge < -0.3 is 10.5 Å². The van der Waals surface area contributed by atoms with Crippen LogP contribution in [0.4, 0.5) is 0 Å². The zero-order valence-corrected chi connectivity index (χ0v) is 10.2. The van der Waals surface area contributed by atoms with Gasteiger partial charge in [0, 0.05) is 15.8 Å². The van der Waals surface area contributed by atoms with E-state index in [-0.39, 0.29) is 18.4 Å². The molecule has 1 aromatic rings. The molecule has 0 saturated heterocycles. The van der Waals surface area contributed by atoms with Crippen molar-refractivity contribution >= 4 is 17.3 Å². The van der Waals surface area contributed by atoms with Crippen LogP contribution in [-0.4, -0.2) is 12.6 Å². The highest BCUT2D eigenvalue weighted by atomic mass is 32.1. The summed E-state index contributed by atoms with van der Waals surface area (Å²) in [6.07, 6.45) is 0.255. The number of esters is 1. The minimum absolute atomic E-state index is 0.228. The summed E-state index contributed by atoms with van der Waals surface area (Å²) in [4.78, 5) is 13.7. The van der Waals surface area contributed by atoms with E-state index in [0.717, 1.165) is 5.56 Å². The van der Waals surface area contributed by atoms with Gasteiger partial charge in [-0.25, -0.2) is 0 Å². The molecule has 0 amide bonds. The second-order valence-corrected chi connectivity index (χ2v) is 4.94. The number of rotatable bonds is 4. The minimum Gasteiger partial charge on any atom is -0.466 e. The van der Waals surface area contributed by atoms with Gasteiger partial charge in [-0.3, -0.25) is 4.79 Å². The third-order valence-electron chi connectivity index (χ3n) is 2.17. The Morgan fingerprint density at radius 3 is 2.73 bits per heavy atom. The van der Waals surface area contributed by atoms with E-state index in [4.69, 9.17) is 10.5 Å². The van der Waals surface area contributed by atoms with Crippen molar-refractivity contribution in [3.63, 3.8) is 0 Å². The summed E-state index contributed by atoms with van der Waals surface area (Å²) in [5.41, 5.74) is 7.01. The fraction of sp³-hybridized carbons (Fsp3) is 0.545. The number of nitrogens with two attached hydrogens (primary N) is 1. The molecule has 0 spiro atoms. The molecule has 2 N–H and O–H groups in total. The highest BCUT2D eigenvalue weighted by Gasteiger charge is 2.15. The first kappa shape index (κ1) is 12.2. The Bertz CT molecular complexity index is 346. The first-order valence-electron chi connectivity index (χ1n) is 5.02. The lowest BCUT2D eigenvalue weighted by Crippen LogP contribution is -2.17. The molecular formula is C11H17NO2S. The summed E-state index contributed by atoms with van der Waals surface area (Å²) < 4.78 is 4.87. The number of carbonyl (C=O) groups is 1. The van der Waals surface area contributed by atoms with Gasteiger partial charge in [-0.05, 0) is 32.4 Å². The lowest BCUT2D eigenvalue weighted by molar-refractivity contribution is -0.143. The van der Waals surface area contributed by atoms with E-state index in [9.17, 15) is 4.79 Å². The lowest BCUT2D eigenvalue weighted by atomic mass is 10.1. The minimum atomic E-state index is -0.242. The van der Waals surface area contributed by atoms with Crippen LogP contribution in [-0.2, 0) is 9.53 Å². The van der Waals surface area contributed by atoms with Gasteiger partial charge in [0.25, 0.3) is 0 Å². The summed E-state index contributed by atoms with van der Waals surface area (Å²) in [6.45, 7) is 6.27. The van der Waals surface area contributed by atoms with Gasteiger partial charge in [0.15, 0.2) is 0 Å². The van der Waals surface area contributed by atoms with Crippen LogP contribution in [0.1, 0.15) is 34.7 Å². The van der Waals surface area contributed by atoms with Crippen molar-refractivity contribution in [1.82, 2.24) is 0 Å². The Morgan fingerprint density at radius 2 is 2.27 bits per heavy atom. The third-order valence-corrected chi connectivity index (χ3v) is 3.15. The van der Waals surface area contributed by atoms with Crippen molar-refractivity contribution in [3.05, 3.63) is 21.4 Å². The van der Waals surface area contributed by atoms with Crippen LogP contribution in [0.5, 0.6) is 0 Å². The van der Waals surface area contributed by atoms with Crippen LogP contribution in [0.25, 0.3) is 0 Å². The molecule has 1 heterocycles. The molecule has 0 fully saturated rings. The molecule has 3 nitrogen and oxygen atoms in total. The topological polar surface area (TPSA) is 52.3 Å². The molecule has 0 aromatic carbocycles. The first-order valence-corrected chi connectivity index (χ1v) is 5.84. The standard InChI is InChI=1S/C11H17NO2S/c1-4-14-11(13)6-10(12)9-5-7(2)15-8(9)3/h5,10H,4,6,12H2,1-3H3/t10-/m0/s1. The smallest absolute Gasteiger partial charge is 0.307 e. The third kappa shape index (κ3) is 3.32. The van der Waals surface area contributed by atoms with Crippen molar-refractivity contribution in [1.29, 1.82) is 0 Å². The van der Waals surface area contributed by atoms with Crippen LogP contribution in [0.2, 0.25) is 0 Å². The average molecular weight is 227 g/mol. The van der Waals surface area contributed by atoms with E-state index in [0.29, 0.717) is 6.61 Å². The van der Waals surface area contributed by atoms with Gasteiger partial charge in [0.1, 0.15) is 0 Å². The highest BCUT2D eigenvalue weighted by Crippen LogP contribution is 2.26. The summed E-state index contributed by atoms with van der Waals surface area (Å²) in [6, 6.07) is 1.80. The average Bonchev–Trinajstić information content (AvgIpc) is 2.45. The molecule has 0 unspecified atom stereocenters. The Labute approximate surface area is 94.2 Å². The second kappa shape index (κ2) is 5.28. The van der Waals surface area contributed by atoms with Gasteiger partial charge in [0.05, 0.1) is 13.0 Å². The number of hydrogen-bond acceptors (Lipinski definition) is 4. The Kier molecular flexibility index (Phi) is 4.29. The van der Waals surface area contributed by atoms with Crippen molar-refractivity contribution in [2.45, 2.75) is 33.2 Å². The predicted molar refractivity (Wildman–Crippen MR) is 62.0 cm³/mol. The van der Waals surface area contributed by atoms with Crippen molar-refractivity contribution in [2.75, 3.05) is 6.61 Å². The number of aryl methyl sites for hydroxylation is 2. The predicted octanol–water partition coefficient (Wildman–Crippen LogP) is 2.32. The van der Waals surface area contributed by atoms with Crippen molar-refractivity contribution in [3.8, 4) is 0 Å². The van der Waals surface area contributed by atoms with Crippen molar-refractivity contribution < 1.29 is 9.53 Å². The quantitative estimate of drug-likeness (QED) is 0.803. The van der Waals surface area contributed by atoms with Crippen molar-refractivity contribution in [2.24, 2.45) is 5.73 Å². The van der Waals surface area contributed by atoms with Gasteiger partial charge >= 0.3 is 5.97 Å². The maximum atomic E-state index is 11.2. The maximum Gasteiger partial charge on any atom is 0.307 e. The van der Waals surface area contributed by atoms with E-state index in [1.54, 1.807) is 18.3 Å². The normalized spacial score (nSPS) is 12.5.